The maximum Gasteiger partial charge on any atom is 0.331 e. The highest BCUT2D eigenvalue weighted by atomic mass is 19.3. The predicted octanol–water partition coefficient (Wildman–Crippen LogP) is 4.68. The third-order valence-corrected chi connectivity index (χ3v) is 4.05. The number of alkyl halides is 2. The molecule has 2 N–H and O–H groups in total. The van der Waals surface area contributed by atoms with Crippen molar-refractivity contribution in [3.63, 3.8) is 0 Å². The van der Waals surface area contributed by atoms with E-state index in [1.165, 1.54) is 0 Å². The lowest BCUT2D eigenvalue weighted by molar-refractivity contribution is 0.0333. The Morgan fingerprint density at radius 2 is 1.74 bits per heavy atom. The van der Waals surface area contributed by atoms with E-state index in [2.05, 4.69) is 25.3 Å². The Morgan fingerprint density at radius 1 is 1.00 bits per heavy atom. The Morgan fingerprint density at radius 3 is 2.44 bits per heavy atom. The number of nitrogens with zero attached hydrogens (tertiary/aromatic N) is 3. The number of imidazole rings is 1. The average Bonchev–Trinajstić information content (AvgIpc) is 3.07. The number of benzene rings is 2. The number of halogens is 3. The summed E-state index contributed by atoms with van der Waals surface area (Å²) in [6.07, 6.45) is 1.55. The molecule has 0 bridgehead atoms. The number of H-pyrrole nitrogens is 1. The van der Waals surface area contributed by atoms with Gasteiger partial charge in [-0.15, -0.1) is 0 Å². The van der Waals surface area contributed by atoms with Gasteiger partial charge in [-0.2, -0.15) is 8.78 Å². The van der Waals surface area contributed by atoms with Crippen LogP contribution in [-0.2, 0) is 5.92 Å². The molecule has 8 heteroatoms. The second-order valence-corrected chi connectivity index (χ2v) is 6.00. The van der Waals surface area contributed by atoms with E-state index >= 15 is 0 Å². The molecule has 0 atom stereocenters. The summed E-state index contributed by atoms with van der Waals surface area (Å²) < 4.78 is 43.0. The summed E-state index contributed by atoms with van der Waals surface area (Å²) in [6, 6.07) is 10.9. The monoisotopic (exact) mass is 369 g/mol. The Hall–Kier alpha value is -3.42. The minimum atomic E-state index is -3.49. The second-order valence-electron chi connectivity index (χ2n) is 6.00. The van der Waals surface area contributed by atoms with E-state index in [0.717, 1.165) is 24.3 Å². The van der Waals surface area contributed by atoms with Crippen molar-refractivity contribution in [3.05, 3.63) is 77.8 Å². The molecule has 0 unspecified atom stereocenters. The number of hydrogen-bond donors (Lipinski definition) is 2. The fraction of sp³-hybridized carbons (Fsp3) is 0.105. The van der Waals surface area contributed by atoms with Crippen LogP contribution in [0, 0.1) is 12.7 Å². The molecule has 0 fully saturated rings. The largest absolute Gasteiger partial charge is 0.331 e. The van der Waals surface area contributed by atoms with Crippen molar-refractivity contribution in [2.75, 3.05) is 5.32 Å². The lowest BCUT2D eigenvalue weighted by atomic mass is 10.1. The zero-order valence-electron chi connectivity index (χ0n) is 14.2. The number of fused-ring (bicyclic) bond motifs is 1. The van der Waals surface area contributed by atoms with E-state index in [1.54, 1.807) is 37.4 Å². The number of hydrogen-bond acceptors (Lipinski definition) is 4. The van der Waals surface area contributed by atoms with Gasteiger partial charge in [-0.05, 0) is 43.3 Å². The van der Waals surface area contributed by atoms with Crippen molar-refractivity contribution in [2.24, 2.45) is 0 Å². The summed E-state index contributed by atoms with van der Waals surface area (Å²) >= 11 is 0. The number of rotatable bonds is 4. The Balaban J connectivity index is 1.84. The van der Waals surface area contributed by atoms with Gasteiger partial charge in [0, 0.05) is 10.9 Å². The van der Waals surface area contributed by atoms with E-state index in [-0.39, 0.29) is 11.4 Å². The van der Waals surface area contributed by atoms with E-state index in [4.69, 9.17) is 0 Å². The van der Waals surface area contributed by atoms with Crippen LogP contribution >= 0.6 is 0 Å². The van der Waals surface area contributed by atoms with Gasteiger partial charge in [0.15, 0.2) is 0 Å². The topological polar surface area (TPSA) is 66.5 Å². The molecular formula is C19H14F3N5. The highest BCUT2D eigenvalue weighted by molar-refractivity contribution is 5.90. The van der Waals surface area contributed by atoms with Crippen molar-refractivity contribution < 1.29 is 13.2 Å². The SMILES string of the molecule is Cc1ncc(Nc2nc(C(F)(F)c3ccc(F)cc3)nc3ccccc23)[nH]1. The Kier molecular flexibility index (Phi) is 4.02. The molecule has 0 saturated carbocycles. The van der Waals surface area contributed by atoms with E-state index in [1.807, 2.05) is 0 Å². The van der Waals surface area contributed by atoms with Crippen LogP contribution in [0.3, 0.4) is 0 Å². The van der Waals surface area contributed by atoms with Gasteiger partial charge in [-0.25, -0.2) is 19.3 Å². The number of aromatic amines is 1. The molecule has 27 heavy (non-hydrogen) atoms. The first-order valence-corrected chi connectivity index (χ1v) is 8.13. The predicted molar refractivity (Wildman–Crippen MR) is 95.5 cm³/mol. The lowest BCUT2D eigenvalue weighted by Crippen LogP contribution is -2.20. The van der Waals surface area contributed by atoms with Crippen molar-refractivity contribution in [1.29, 1.82) is 0 Å². The highest BCUT2D eigenvalue weighted by Gasteiger charge is 2.38. The van der Waals surface area contributed by atoms with Crippen molar-refractivity contribution >= 4 is 22.5 Å². The highest BCUT2D eigenvalue weighted by Crippen LogP contribution is 2.36. The summed E-state index contributed by atoms with van der Waals surface area (Å²) in [5.41, 5.74) is -0.0226. The molecule has 4 rings (SSSR count). The number of aromatic nitrogens is 4. The molecular weight excluding hydrogens is 355 g/mol. The first-order valence-electron chi connectivity index (χ1n) is 8.13. The maximum atomic E-state index is 15.0. The van der Waals surface area contributed by atoms with Crippen LogP contribution in [0.4, 0.5) is 24.8 Å². The van der Waals surface area contributed by atoms with Crippen molar-refractivity contribution in [3.8, 4) is 0 Å². The van der Waals surface area contributed by atoms with Crippen LogP contribution in [0.5, 0.6) is 0 Å². The second kappa shape index (κ2) is 6.39. The normalized spacial score (nSPS) is 11.7. The maximum absolute atomic E-state index is 15.0. The van der Waals surface area contributed by atoms with Gasteiger partial charge in [0.25, 0.3) is 0 Å². The fourth-order valence-corrected chi connectivity index (χ4v) is 2.71. The minimum Gasteiger partial charge on any atom is -0.329 e. The Bertz CT molecular complexity index is 1110. The standard InChI is InChI=1S/C19H14F3N5/c1-11-23-10-16(24-11)26-17-14-4-2-3-5-15(14)25-18(27-17)19(21,22)12-6-8-13(20)9-7-12/h2-10H,1H3,(H,23,24)(H,25,26,27). The van der Waals surface area contributed by atoms with Gasteiger partial charge in [0.05, 0.1) is 11.7 Å². The van der Waals surface area contributed by atoms with Gasteiger partial charge >= 0.3 is 5.92 Å². The molecule has 0 radical (unpaired) electrons. The molecule has 0 aliphatic heterocycles. The molecule has 0 spiro atoms. The third-order valence-electron chi connectivity index (χ3n) is 4.05. The molecule has 0 saturated heterocycles. The number of aryl methyl sites for hydroxylation is 1. The molecule has 2 heterocycles. The minimum absolute atomic E-state index is 0.223. The van der Waals surface area contributed by atoms with Crippen LogP contribution in [0.1, 0.15) is 17.2 Å². The molecule has 4 aromatic rings. The molecule has 2 aromatic carbocycles. The zero-order chi connectivity index (χ0) is 19.0. The van der Waals surface area contributed by atoms with Crippen LogP contribution < -0.4 is 5.32 Å². The first-order chi connectivity index (χ1) is 12.9. The van der Waals surface area contributed by atoms with Gasteiger partial charge in [0.1, 0.15) is 23.3 Å². The summed E-state index contributed by atoms with van der Waals surface area (Å²) in [6.45, 7) is 1.78. The van der Waals surface area contributed by atoms with Gasteiger partial charge in [-0.3, -0.25) is 0 Å². The number of anilines is 2. The van der Waals surface area contributed by atoms with Crippen LogP contribution in [0.25, 0.3) is 10.9 Å². The molecule has 0 aliphatic rings. The molecule has 5 nitrogen and oxygen atoms in total. The molecule has 2 aromatic heterocycles. The van der Waals surface area contributed by atoms with E-state index in [9.17, 15) is 13.2 Å². The Labute approximate surface area is 152 Å². The van der Waals surface area contributed by atoms with Crippen LogP contribution in [0.15, 0.2) is 54.7 Å². The average molecular weight is 369 g/mol. The smallest absolute Gasteiger partial charge is 0.329 e. The third kappa shape index (κ3) is 3.21. The quantitative estimate of drug-likeness (QED) is 0.548. The van der Waals surface area contributed by atoms with E-state index in [0.29, 0.717) is 22.5 Å². The summed E-state index contributed by atoms with van der Waals surface area (Å²) in [5.74, 6) is -3.34. The summed E-state index contributed by atoms with van der Waals surface area (Å²) in [7, 11) is 0. The molecule has 0 aliphatic carbocycles. The summed E-state index contributed by atoms with van der Waals surface area (Å²) in [5, 5.41) is 3.56. The fourth-order valence-electron chi connectivity index (χ4n) is 2.71. The zero-order valence-corrected chi connectivity index (χ0v) is 14.2. The van der Waals surface area contributed by atoms with Crippen molar-refractivity contribution in [1.82, 2.24) is 19.9 Å². The van der Waals surface area contributed by atoms with Crippen molar-refractivity contribution in [2.45, 2.75) is 12.8 Å². The molecule has 136 valence electrons. The number of para-hydroxylation sites is 1. The van der Waals surface area contributed by atoms with Crippen LogP contribution in [-0.4, -0.2) is 19.9 Å². The summed E-state index contributed by atoms with van der Waals surface area (Å²) in [4.78, 5) is 15.1. The first kappa shape index (κ1) is 17.0. The van der Waals surface area contributed by atoms with Gasteiger partial charge in [-0.1, -0.05) is 12.1 Å². The lowest BCUT2D eigenvalue weighted by Gasteiger charge is -2.17. The van der Waals surface area contributed by atoms with E-state index < -0.39 is 17.6 Å². The van der Waals surface area contributed by atoms with Crippen LogP contribution in [0.2, 0.25) is 0 Å². The molecule has 0 amide bonds. The van der Waals surface area contributed by atoms with Gasteiger partial charge < -0.3 is 10.3 Å². The van der Waals surface area contributed by atoms with Gasteiger partial charge in [0.2, 0.25) is 5.82 Å². The number of nitrogens with one attached hydrogen (secondary N) is 2.